The summed E-state index contributed by atoms with van der Waals surface area (Å²) in [5, 5.41) is 3.41. The van der Waals surface area contributed by atoms with Crippen LogP contribution < -0.4 is 24.3 Å². The molecular formula is C42H50N2O7. The summed E-state index contributed by atoms with van der Waals surface area (Å²) < 4.78 is 25.7. The third-order valence-corrected chi connectivity index (χ3v) is 7.89. The summed E-state index contributed by atoms with van der Waals surface area (Å²) in [6, 6.07) is 31.5. The lowest BCUT2D eigenvalue weighted by atomic mass is 10.0. The topological polar surface area (TPSA) is 95.6 Å². The maximum absolute atomic E-state index is 11.9. The molecule has 51 heavy (non-hydrogen) atoms. The Bertz CT molecular complexity index is 1560. The van der Waals surface area contributed by atoms with Gasteiger partial charge in [-0.25, -0.2) is 4.79 Å². The highest BCUT2D eigenvalue weighted by molar-refractivity contribution is 5.88. The van der Waals surface area contributed by atoms with Crippen molar-refractivity contribution in [2.45, 2.75) is 58.9 Å². The Labute approximate surface area is 302 Å². The molecule has 1 unspecified atom stereocenters. The third-order valence-electron chi connectivity index (χ3n) is 7.89. The van der Waals surface area contributed by atoms with Gasteiger partial charge in [0.15, 0.2) is 0 Å². The monoisotopic (exact) mass is 694 g/mol. The van der Waals surface area contributed by atoms with Crippen LogP contribution in [0, 0.1) is 11.8 Å². The van der Waals surface area contributed by atoms with Crippen LogP contribution in [0.25, 0.3) is 0 Å². The zero-order valence-electron chi connectivity index (χ0n) is 30.6. The molecule has 4 aromatic carbocycles. The number of hydrogen-bond donors (Lipinski definition) is 1. The first-order valence-electron chi connectivity index (χ1n) is 16.9. The number of ether oxygens (including phenoxy) is 5. The molecule has 0 fully saturated rings. The molecule has 4 rings (SSSR count). The van der Waals surface area contributed by atoms with Crippen LogP contribution in [0.15, 0.2) is 97.1 Å². The summed E-state index contributed by atoms with van der Waals surface area (Å²) in [6.45, 7) is 6.45. The average molecular weight is 695 g/mol. The van der Waals surface area contributed by atoms with Crippen LogP contribution in [0.4, 0.5) is 0 Å². The van der Waals surface area contributed by atoms with Crippen LogP contribution in [-0.2, 0) is 40.5 Å². The minimum atomic E-state index is -0.561. The van der Waals surface area contributed by atoms with E-state index in [9.17, 15) is 9.59 Å². The molecule has 0 bridgehead atoms. The molecule has 0 aliphatic heterocycles. The quantitative estimate of drug-likeness (QED) is 0.0712. The van der Waals surface area contributed by atoms with Gasteiger partial charge in [-0.1, -0.05) is 54.5 Å². The Morgan fingerprint density at radius 3 is 1.33 bits per heavy atom. The summed E-state index contributed by atoms with van der Waals surface area (Å²) >= 11 is 0. The molecule has 0 amide bonds. The van der Waals surface area contributed by atoms with Crippen molar-refractivity contribution < 1.29 is 33.3 Å². The molecule has 0 aromatic heterocycles. The maximum Gasteiger partial charge on any atom is 0.384 e. The van der Waals surface area contributed by atoms with Gasteiger partial charge in [-0.3, -0.25) is 4.90 Å². The summed E-state index contributed by atoms with van der Waals surface area (Å²) in [6.07, 6.45) is 0.901. The van der Waals surface area contributed by atoms with Crippen molar-refractivity contribution in [3.63, 3.8) is 0 Å². The van der Waals surface area contributed by atoms with E-state index in [1.807, 2.05) is 72.8 Å². The lowest BCUT2D eigenvalue weighted by Crippen LogP contribution is -2.34. The summed E-state index contributed by atoms with van der Waals surface area (Å²) in [4.78, 5) is 25.7. The Balaban J connectivity index is 0.000000313. The number of rotatable bonds is 17. The predicted octanol–water partition coefficient (Wildman–Crippen LogP) is 7.00. The van der Waals surface area contributed by atoms with Gasteiger partial charge in [0, 0.05) is 38.5 Å². The fourth-order valence-electron chi connectivity index (χ4n) is 5.04. The number of esters is 1. The Morgan fingerprint density at radius 2 is 1.00 bits per heavy atom. The number of benzene rings is 4. The van der Waals surface area contributed by atoms with Crippen molar-refractivity contribution >= 4 is 11.8 Å². The number of nitrogens with zero attached hydrogens (tertiary/aromatic N) is 1. The first-order valence-corrected chi connectivity index (χ1v) is 16.9. The Morgan fingerprint density at radius 1 is 0.627 bits per heavy atom. The van der Waals surface area contributed by atoms with Crippen molar-refractivity contribution in [2.75, 3.05) is 35.0 Å². The van der Waals surface area contributed by atoms with E-state index in [4.69, 9.17) is 23.7 Å². The average Bonchev–Trinajstić information content (AvgIpc) is 3.16. The molecule has 0 aliphatic rings. The van der Waals surface area contributed by atoms with Crippen LogP contribution in [0.1, 0.15) is 48.9 Å². The van der Waals surface area contributed by atoms with E-state index in [0.29, 0.717) is 25.9 Å². The second-order valence-electron chi connectivity index (χ2n) is 11.6. The fraction of sp³-hybridized carbons (Fsp3) is 0.333. The smallest absolute Gasteiger partial charge is 0.384 e. The number of carbonyl (C=O) groups excluding carboxylic acids is 2. The second-order valence-corrected chi connectivity index (χ2v) is 11.6. The standard InChI is InChI=1S/C26H31NO5.C16H19NO2/c1-5-32-26(29)17-12-23(11-6-20(2)28)27(18-21-7-13-24(30-3)14-8-21)19-22-9-15-25(31-4)16-10-22;1-18-15-7-3-13(4-8-15)11-17-12-14-5-9-16(19-2)10-6-14/h7-10,13-16,23H,5-6,11,18-19H2,1-4H3;3-10,17H,11-12H2,1-2H3. The predicted molar refractivity (Wildman–Crippen MR) is 200 cm³/mol. The Hall–Kier alpha value is -5.30. The lowest BCUT2D eigenvalue weighted by Gasteiger charge is -2.28. The number of carbonyl (C=O) groups is 2. The van der Waals surface area contributed by atoms with Gasteiger partial charge in [-0.05, 0) is 91.1 Å². The molecule has 1 N–H and O–H groups in total. The van der Waals surface area contributed by atoms with Crippen LogP contribution in [0.3, 0.4) is 0 Å². The van der Waals surface area contributed by atoms with E-state index in [-0.39, 0.29) is 18.4 Å². The third kappa shape index (κ3) is 15.0. The minimum Gasteiger partial charge on any atom is -0.497 e. The zero-order chi connectivity index (χ0) is 36.8. The highest BCUT2D eigenvalue weighted by atomic mass is 16.5. The van der Waals surface area contributed by atoms with E-state index >= 15 is 0 Å². The van der Waals surface area contributed by atoms with Crippen molar-refractivity contribution in [2.24, 2.45) is 0 Å². The number of methoxy groups -OCH3 is 4. The molecule has 270 valence electrons. The van der Waals surface area contributed by atoms with E-state index in [1.54, 1.807) is 42.3 Å². The Kier molecular flexibility index (Phi) is 17.6. The van der Waals surface area contributed by atoms with Crippen LogP contribution >= 0.6 is 0 Å². The lowest BCUT2D eigenvalue weighted by molar-refractivity contribution is -0.136. The van der Waals surface area contributed by atoms with Crippen LogP contribution in [-0.4, -0.2) is 57.7 Å². The summed E-state index contributed by atoms with van der Waals surface area (Å²) in [7, 11) is 6.62. The number of hydrogen-bond acceptors (Lipinski definition) is 9. The normalized spacial score (nSPS) is 10.9. The van der Waals surface area contributed by atoms with Gasteiger partial charge in [0.1, 0.15) is 28.8 Å². The van der Waals surface area contributed by atoms with Gasteiger partial charge in [0.2, 0.25) is 0 Å². The molecule has 4 aromatic rings. The largest absolute Gasteiger partial charge is 0.497 e. The molecule has 1 atom stereocenters. The molecule has 0 saturated heterocycles. The van der Waals surface area contributed by atoms with Gasteiger partial charge in [0.05, 0.1) is 41.1 Å². The molecule has 9 nitrogen and oxygen atoms in total. The molecule has 0 saturated carbocycles. The van der Waals surface area contributed by atoms with E-state index in [2.05, 4.69) is 46.3 Å². The molecule has 0 heterocycles. The van der Waals surface area contributed by atoms with Crippen molar-refractivity contribution in [3.8, 4) is 34.8 Å². The van der Waals surface area contributed by atoms with Gasteiger partial charge in [-0.2, -0.15) is 0 Å². The van der Waals surface area contributed by atoms with Crippen molar-refractivity contribution in [3.05, 3.63) is 119 Å². The highest BCUT2D eigenvalue weighted by Gasteiger charge is 2.19. The van der Waals surface area contributed by atoms with E-state index < -0.39 is 5.97 Å². The first kappa shape index (κ1) is 40.1. The van der Waals surface area contributed by atoms with Gasteiger partial charge in [-0.15, -0.1) is 0 Å². The number of Topliss-reactive ketones (excluding diaryl/α,β-unsaturated/α-hetero) is 1. The van der Waals surface area contributed by atoms with Gasteiger partial charge < -0.3 is 33.8 Å². The zero-order valence-corrected chi connectivity index (χ0v) is 30.6. The molecule has 0 radical (unpaired) electrons. The number of nitrogens with one attached hydrogen (secondary N) is 1. The highest BCUT2D eigenvalue weighted by Crippen LogP contribution is 2.21. The second kappa shape index (κ2) is 22.4. The van der Waals surface area contributed by atoms with E-state index in [1.165, 1.54) is 11.1 Å². The first-order chi connectivity index (χ1) is 24.8. The summed E-state index contributed by atoms with van der Waals surface area (Å²) in [5.41, 5.74) is 4.64. The molecular weight excluding hydrogens is 644 g/mol. The molecule has 0 aliphatic carbocycles. The maximum atomic E-state index is 11.9. The van der Waals surface area contributed by atoms with Crippen LogP contribution in [0.2, 0.25) is 0 Å². The van der Waals surface area contributed by atoms with Crippen LogP contribution in [0.5, 0.6) is 23.0 Å². The minimum absolute atomic E-state index is 0.0850. The fourth-order valence-corrected chi connectivity index (χ4v) is 5.04. The SMILES string of the molecule is CCOC(=O)C#CC(CCC(C)=O)N(Cc1ccc(OC)cc1)Cc1ccc(OC)cc1.COc1ccc(CNCc2ccc(OC)cc2)cc1. The van der Waals surface area contributed by atoms with E-state index in [0.717, 1.165) is 47.2 Å². The molecule has 0 spiro atoms. The molecule has 9 heteroatoms. The summed E-state index contributed by atoms with van der Waals surface area (Å²) in [5.74, 6) is 8.50. The van der Waals surface area contributed by atoms with Crippen molar-refractivity contribution in [1.29, 1.82) is 0 Å². The van der Waals surface area contributed by atoms with Gasteiger partial charge >= 0.3 is 5.97 Å². The van der Waals surface area contributed by atoms with Crippen molar-refractivity contribution in [1.82, 2.24) is 10.2 Å². The van der Waals surface area contributed by atoms with Gasteiger partial charge in [0.25, 0.3) is 0 Å². The number of ketones is 1.